The molecule has 2 rings (SSSR count). The Bertz CT molecular complexity index is 780. The van der Waals surface area contributed by atoms with Gasteiger partial charge in [-0.2, -0.15) is 5.10 Å². The van der Waals surface area contributed by atoms with Gasteiger partial charge in [0.2, 0.25) is 0 Å². The molecule has 0 spiro atoms. The fourth-order valence-corrected chi connectivity index (χ4v) is 3.30. The molecule has 0 aliphatic heterocycles. The summed E-state index contributed by atoms with van der Waals surface area (Å²) >= 11 is 6.10. The molecule has 0 aromatic carbocycles. The van der Waals surface area contributed by atoms with Crippen LogP contribution in [0.5, 0.6) is 0 Å². The number of nitrogens with zero attached hydrogens (tertiary/aromatic N) is 5. The Kier molecular flexibility index (Phi) is 7.74. The number of aromatic nitrogens is 3. The van der Waals surface area contributed by atoms with Crippen molar-refractivity contribution in [3.05, 3.63) is 39.9 Å². The molecule has 150 valence electrons. The Morgan fingerprint density at radius 1 is 1.41 bits per heavy atom. The number of nitrogens with one attached hydrogen (secondary N) is 1. The van der Waals surface area contributed by atoms with Gasteiger partial charge in [-0.1, -0.05) is 11.6 Å². The Morgan fingerprint density at radius 2 is 2.15 bits per heavy atom. The van der Waals surface area contributed by atoms with Gasteiger partial charge in [0.25, 0.3) is 0 Å². The van der Waals surface area contributed by atoms with Crippen molar-refractivity contribution >= 4 is 17.6 Å². The molecule has 1 N–H and O–H groups in total. The first kappa shape index (κ1) is 21.3. The molecule has 7 nitrogen and oxygen atoms in total. The summed E-state index contributed by atoms with van der Waals surface area (Å²) in [6.45, 7) is 9.71. The minimum Gasteiger partial charge on any atom is -0.383 e. The summed E-state index contributed by atoms with van der Waals surface area (Å²) in [5.41, 5.74) is 4.45. The van der Waals surface area contributed by atoms with Gasteiger partial charge in [-0.05, 0) is 26.8 Å². The number of aliphatic imine (C=N–C) groups is 1. The molecule has 0 bridgehead atoms. The summed E-state index contributed by atoms with van der Waals surface area (Å²) in [4.78, 5) is 6.94. The third-order valence-corrected chi connectivity index (χ3v) is 4.80. The highest BCUT2D eigenvalue weighted by Crippen LogP contribution is 2.16. The maximum Gasteiger partial charge on any atom is 0.194 e. The molecule has 0 aliphatic carbocycles. The number of ether oxygens (including phenoxy) is 1. The van der Waals surface area contributed by atoms with E-state index in [1.54, 1.807) is 7.11 Å². The standard InChI is InChI=1S/C19H31ClN6O/c1-7-21-19(25(5)13-17-10-16(20)12-24(17)4)22-11-18-14(2)23-26(15(18)3)8-9-27-6/h10,12H,7-9,11,13H2,1-6H3,(H,21,22). The smallest absolute Gasteiger partial charge is 0.194 e. The second kappa shape index (κ2) is 9.80. The summed E-state index contributed by atoms with van der Waals surface area (Å²) in [6.07, 6.45) is 1.91. The topological polar surface area (TPSA) is 59.6 Å². The highest BCUT2D eigenvalue weighted by atomic mass is 35.5. The quantitative estimate of drug-likeness (QED) is 0.552. The normalized spacial score (nSPS) is 11.9. The first-order valence-electron chi connectivity index (χ1n) is 9.19. The first-order chi connectivity index (χ1) is 12.9. The molecule has 0 fully saturated rings. The number of aryl methyl sites for hydroxylation is 2. The lowest BCUT2D eigenvalue weighted by Gasteiger charge is -2.22. The van der Waals surface area contributed by atoms with Gasteiger partial charge in [0.15, 0.2) is 5.96 Å². The summed E-state index contributed by atoms with van der Waals surface area (Å²) in [5.74, 6) is 0.860. The second-order valence-electron chi connectivity index (χ2n) is 6.65. The van der Waals surface area contributed by atoms with Gasteiger partial charge < -0.3 is 19.5 Å². The van der Waals surface area contributed by atoms with E-state index in [1.807, 2.05) is 42.5 Å². The second-order valence-corrected chi connectivity index (χ2v) is 7.09. The van der Waals surface area contributed by atoms with Crippen LogP contribution in [0.25, 0.3) is 0 Å². The molecule has 2 heterocycles. The monoisotopic (exact) mass is 394 g/mol. The summed E-state index contributed by atoms with van der Waals surface area (Å²) < 4.78 is 9.19. The highest BCUT2D eigenvalue weighted by molar-refractivity contribution is 6.30. The molecule has 0 aliphatic rings. The average molecular weight is 395 g/mol. The van der Waals surface area contributed by atoms with E-state index in [2.05, 4.69) is 29.2 Å². The van der Waals surface area contributed by atoms with Crippen LogP contribution in [-0.2, 0) is 31.4 Å². The van der Waals surface area contributed by atoms with E-state index in [4.69, 9.17) is 21.3 Å². The van der Waals surface area contributed by atoms with E-state index >= 15 is 0 Å². The largest absolute Gasteiger partial charge is 0.383 e. The number of methoxy groups -OCH3 is 1. The molecule has 27 heavy (non-hydrogen) atoms. The molecular weight excluding hydrogens is 364 g/mol. The Labute approximate surface area is 167 Å². The highest BCUT2D eigenvalue weighted by Gasteiger charge is 2.13. The van der Waals surface area contributed by atoms with Gasteiger partial charge >= 0.3 is 0 Å². The van der Waals surface area contributed by atoms with Crippen LogP contribution in [-0.4, -0.2) is 52.5 Å². The fraction of sp³-hybridized carbons (Fsp3) is 0.579. The number of hydrogen-bond acceptors (Lipinski definition) is 3. The van der Waals surface area contributed by atoms with Crippen LogP contribution in [0.1, 0.15) is 29.6 Å². The van der Waals surface area contributed by atoms with Crippen LogP contribution in [0.2, 0.25) is 5.02 Å². The Morgan fingerprint density at radius 3 is 2.74 bits per heavy atom. The lowest BCUT2D eigenvalue weighted by atomic mass is 10.2. The van der Waals surface area contributed by atoms with Crippen molar-refractivity contribution in [1.82, 2.24) is 24.6 Å². The SMILES string of the molecule is CCNC(=NCc1c(C)nn(CCOC)c1C)N(C)Cc1cc(Cl)cn1C. The minimum atomic E-state index is 0.589. The molecule has 0 saturated heterocycles. The third kappa shape index (κ3) is 5.49. The first-order valence-corrected chi connectivity index (χ1v) is 9.57. The third-order valence-electron chi connectivity index (χ3n) is 4.60. The van der Waals surface area contributed by atoms with Crippen LogP contribution < -0.4 is 5.32 Å². The van der Waals surface area contributed by atoms with Crippen LogP contribution in [0, 0.1) is 13.8 Å². The predicted octanol–water partition coefficient (Wildman–Crippen LogP) is 2.74. The van der Waals surface area contributed by atoms with Crippen LogP contribution in [0.3, 0.4) is 0 Å². The number of hydrogen-bond donors (Lipinski definition) is 1. The van der Waals surface area contributed by atoms with E-state index in [9.17, 15) is 0 Å². The van der Waals surface area contributed by atoms with E-state index in [0.29, 0.717) is 13.2 Å². The molecule has 8 heteroatoms. The summed E-state index contributed by atoms with van der Waals surface area (Å²) in [5, 5.41) is 8.73. The molecule has 0 atom stereocenters. The zero-order valence-corrected chi connectivity index (χ0v) is 18.0. The van der Waals surface area contributed by atoms with Gasteiger partial charge in [0.05, 0.1) is 37.0 Å². The van der Waals surface area contributed by atoms with Crippen molar-refractivity contribution in [2.45, 2.75) is 40.4 Å². The maximum atomic E-state index is 6.10. The van der Waals surface area contributed by atoms with Gasteiger partial charge in [-0.25, -0.2) is 4.99 Å². The Hall–Kier alpha value is -1.99. The van der Waals surface area contributed by atoms with Crippen molar-refractivity contribution in [2.75, 3.05) is 27.3 Å². The van der Waals surface area contributed by atoms with Gasteiger partial charge in [0.1, 0.15) is 0 Å². The maximum absolute atomic E-state index is 6.10. The van der Waals surface area contributed by atoms with Gasteiger partial charge in [0, 0.05) is 50.9 Å². The molecule has 0 unspecified atom stereocenters. The average Bonchev–Trinajstić information content (AvgIpc) is 3.07. The van der Waals surface area contributed by atoms with Gasteiger partial charge in [-0.3, -0.25) is 4.68 Å². The van der Waals surface area contributed by atoms with Crippen LogP contribution in [0.4, 0.5) is 0 Å². The molecule has 2 aromatic heterocycles. The van der Waals surface area contributed by atoms with Crippen molar-refractivity contribution in [1.29, 1.82) is 0 Å². The molecule has 0 saturated carbocycles. The predicted molar refractivity (Wildman–Crippen MR) is 110 cm³/mol. The van der Waals surface area contributed by atoms with E-state index in [-0.39, 0.29) is 0 Å². The molecule has 2 aromatic rings. The van der Waals surface area contributed by atoms with Crippen molar-refractivity contribution in [3.8, 4) is 0 Å². The zero-order valence-electron chi connectivity index (χ0n) is 17.2. The number of guanidine groups is 1. The fourth-order valence-electron chi connectivity index (χ4n) is 3.02. The minimum absolute atomic E-state index is 0.589. The zero-order chi connectivity index (χ0) is 20.0. The summed E-state index contributed by atoms with van der Waals surface area (Å²) in [7, 11) is 5.74. The lowest BCUT2D eigenvalue weighted by Crippen LogP contribution is -2.38. The van der Waals surface area contributed by atoms with Crippen molar-refractivity contribution in [2.24, 2.45) is 12.0 Å². The molecular formula is C19H31ClN6O. The number of rotatable bonds is 8. The van der Waals surface area contributed by atoms with Crippen LogP contribution >= 0.6 is 11.6 Å². The summed E-state index contributed by atoms with van der Waals surface area (Å²) in [6, 6.07) is 1.98. The van der Waals surface area contributed by atoms with E-state index < -0.39 is 0 Å². The van der Waals surface area contributed by atoms with Crippen LogP contribution in [0.15, 0.2) is 17.3 Å². The lowest BCUT2D eigenvalue weighted by molar-refractivity contribution is 0.182. The molecule has 0 radical (unpaired) electrons. The van der Waals surface area contributed by atoms with Gasteiger partial charge in [-0.15, -0.1) is 0 Å². The molecule has 0 amide bonds. The van der Waals surface area contributed by atoms with E-state index in [0.717, 1.165) is 53.3 Å². The van der Waals surface area contributed by atoms with E-state index in [1.165, 1.54) is 0 Å². The van der Waals surface area contributed by atoms with Crippen molar-refractivity contribution in [3.63, 3.8) is 0 Å². The van der Waals surface area contributed by atoms with Crippen molar-refractivity contribution < 1.29 is 4.74 Å². The number of halogens is 1. The Balaban J connectivity index is 2.15.